The fourth-order valence-electron chi connectivity index (χ4n) is 1.25. The third kappa shape index (κ3) is 2.05. The van der Waals surface area contributed by atoms with Gasteiger partial charge in [0, 0.05) is 4.83 Å². The molecule has 0 bridgehead atoms. The van der Waals surface area contributed by atoms with Gasteiger partial charge in [-0.2, -0.15) is 0 Å². The van der Waals surface area contributed by atoms with Crippen LogP contribution in [0.25, 0.3) is 0 Å². The van der Waals surface area contributed by atoms with Gasteiger partial charge in [-0.05, 0) is 26.2 Å². The molecule has 0 nitrogen and oxygen atoms in total. The summed E-state index contributed by atoms with van der Waals surface area (Å²) >= 11 is 14.8. The molecule has 2 unspecified atom stereocenters. The Hall–Kier alpha value is 1.92. The van der Waals surface area contributed by atoms with Gasteiger partial charge in [0.25, 0.3) is 0 Å². The van der Waals surface area contributed by atoms with Gasteiger partial charge in [0.1, 0.15) is 0 Å². The molecule has 1 aliphatic rings. The van der Waals surface area contributed by atoms with Crippen LogP contribution in [0, 0.1) is 0 Å². The standard InChI is InChI=1S/C7H10Br4/c1-6(9)5(8)3-2-4-7(6,10)11/h5H,2-4H2,1H3. The molecule has 0 aromatic heterocycles. The lowest BCUT2D eigenvalue weighted by Gasteiger charge is -2.44. The molecule has 0 N–H and O–H groups in total. The maximum atomic E-state index is 3.74. The fraction of sp³-hybridized carbons (Fsp3) is 1.00. The second-order valence-electron chi connectivity index (χ2n) is 3.14. The van der Waals surface area contributed by atoms with Crippen LogP contribution in [-0.4, -0.2) is 12.4 Å². The van der Waals surface area contributed by atoms with E-state index < -0.39 is 0 Å². The monoisotopic (exact) mass is 410 g/mol. The zero-order valence-corrected chi connectivity index (χ0v) is 12.6. The van der Waals surface area contributed by atoms with E-state index in [-0.39, 0.29) is 7.56 Å². The first kappa shape index (κ1) is 11.0. The van der Waals surface area contributed by atoms with Crippen LogP contribution in [-0.2, 0) is 0 Å². The average molecular weight is 414 g/mol. The molecule has 66 valence electrons. The quantitative estimate of drug-likeness (QED) is 0.510. The van der Waals surface area contributed by atoms with Gasteiger partial charge < -0.3 is 0 Å². The minimum atomic E-state index is 0.0411. The summed E-state index contributed by atoms with van der Waals surface area (Å²) in [6, 6.07) is 0. The Morgan fingerprint density at radius 2 is 1.82 bits per heavy atom. The molecule has 0 saturated heterocycles. The normalized spacial score (nSPS) is 43.9. The minimum Gasteiger partial charge on any atom is -0.0875 e. The van der Waals surface area contributed by atoms with Gasteiger partial charge in [0.2, 0.25) is 0 Å². The fourth-order valence-corrected chi connectivity index (χ4v) is 4.12. The highest BCUT2D eigenvalue weighted by Crippen LogP contribution is 2.54. The zero-order chi connectivity index (χ0) is 8.70. The first-order valence-corrected chi connectivity index (χ1v) is 6.88. The van der Waals surface area contributed by atoms with Crippen molar-refractivity contribution < 1.29 is 0 Å². The molecule has 0 amide bonds. The summed E-state index contributed by atoms with van der Waals surface area (Å²) in [4.78, 5) is 0.530. The molecule has 0 aliphatic heterocycles. The van der Waals surface area contributed by atoms with E-state index in [1.54, 1.807) is 0 Å². The Morgan fingerprint density at radius 3 is 2.18 bits per heavy atom. The van der Waals surface area contributed by atoms with Gasteiger partial charge in [0.15, 0.2) is 0 Å². The lowest BCUT2D eigenvalue weighted by Crippen LogP contribution is -2.47. The third-order valence-electron chi connectivity index (χ3n) is 2.25. The second kappa shape index (κ2) is 3.58. The van der Waals surface area contributed by atoms with Crippen LogP contribution >= 0.6 is 63.7 Å². The van der Waals surface area contributed by atoms with Crippen molar-refractivity contribution in [2.24, 2.45) is 0 Å². The lowest BCUT2D eigenvalue weighted by atomic mass is 9.90. The summed E-state index contributed by atoms with van der Waals surface area (Å²) in [5.41, 5.74) is 0. The largest absolute Gasteiger partial charge is 0.0965 e. The molecule has 1 rings (SSSR count). The lowest BCUT2D eigenvalue weighted by molar-refractivity contribution is 0.445. The third-order valence-corrected chi connectivity index (χ3v) is 8.97. The Bertz CT molecular complexity index is 153. The second-order valence-corrected chi connectivity index (χ2v) is 9.66. The molecule has 1 saturated carbocycles. The van der Waals surface area contributed by atoms with E-state index in [0.717, 1.165) is 6.42 Å². The van der Waals surface area contributed by atoms with Gasteiger partial charge in [-0.3, -0.25) is 0 Å². The van der Waals surface area contributed by atoms with Crippen LogP contribution in [0.3, 0.4) is 0 Å². The molecule has 0 spiro atoms. The zero-order valence-electron chi connectivity index (χ0n) is 6.21. The van der Waals surface area contributed by atoms with Crippen LogP contribution < -0.4 is 0 Å². The molecule has 4 heteroatoms. The number of halogens is 4. The Balaban J connectivity index is 2.82. The molecule has 11 heavy (non-hydrogen) atoms. The van der Waals surface area contributed by atoms with Gasteiger partial charge >= 0.3 is 0 Å². The van der Waals surface area contributed by atoms with Crippen LogP contribution in [0.2, 0.25) is 0 Å². The average Bonchev–Trinajstić information content (AvgIpc) is 1.84. The van der Waals surface area contributed by atoms with Crippen molar-refractivity contribution in [1.82, 2.24) is 0 Å². The summed E-state index contributed by atoms with van der Waals surface area (Å²) in [5.74, 6) is 0. The number of hydrogen-bond donors (Lipinski definition) is 0. The van der Waals surface area contributed by atoms with Crippen molar-refractivity contribution in [1.29, 1.82) is 0 Å². The smallest absolute Gasteiger partial charge is 0.0875 e. The predicted molar refractivity (Wildman–Crippen MR) is 64.5 cm³/mol. The number of alkyl halides is 4. The van der Waals surface area contributed by atoms with Crippen molar-refractivity contribution in [3.63, 3.8) is 0 Å². The van der Waals surface area contributed by atoms with E-state index in [9.17, 15) is 0 Å². The van der Waals surface area contributed by atoms with Gasteiger partial charge in [-0.1, -0.05) is 63.7 Å². The molecule has 0 radical (unpaired) electrons. The van der Waals surface area contributed by atoms with Crippen LogP contribution in [0.5, 0.6) is 0 Å². The summed E-state index contributed by atoms with van der Waals surface area (Å²) in [6.45, 7) is 2.20. The molecule has 1 aliphatic carbocycles. The molecule has 2 atom stereocenters. The maximum Gasteiger partial charge on any atom is 0.0965 e. The minimum absolute atomic E-state index is 0.0411. The molecular formula is C7H10Br4. The van der Waals surface area contributed by atoms with E-state index in [1.807, 2.05) is 0 Å². The predicted octanol–water partition coefficient (Wildman–Crippen LogP) is 4.57. The Morgan fingerprint density at radius 1 is 1.27 bits per heavy atom. The van der Waals surface area contributed by atoms with Crippen molar-refractivity contribution in [2.45, 2.75) is 38.6 Å². The summed E-state index contributed by atoms with van der Waals surface area (Å²) < 4.78 is 0.137. The van der Waals surface area contributed by atoms with Crippen LogP contribution in [0.15, 0.2) is 0 Å². The highest BCUT2D eigenvalue weighted by atomic mass is 79.9. The molecule has 1 fully saturated rings. The van der Waals surface area contributed by atoms with Crippen molar-refractivity contribution in [3.05, 3.63) is 0 Å². The van der Waals surface area contributed by atoms with E-state index in [1.165, 1.54) is 12.8 Å². The van der Waals surface area contributed by atoms with E-state index in [2.05, 4.69) is 70.6 Å². The molecule has 0 aromatic rings. The van der Waals surface area contributed by atoms with E-state index >= 15 is 0 Å². The molecule has 0 heterocycles. The Kier molecular flexibility index (Phi) is 3.58. The van der Waals surface area contributed by atoms with Gasteiger partial charge in [0.05, 0.1) is 7.56 Å². The van der Waals surface area contributed by atoms with Gasteiger partial charge in [-0.15, -0.1) is 0 Å². The van der Waals surface area contributed by atoms with E-state index in [4.69, 9.17) is 0 Å². The van der Waals surface area contributed by atoms with Crippen molar-refractivity contribution in [3.8, 4) is 0 Å². The highest BCUT2D eigenvalue weighted by Gasteiger charge is 2.49. The maximum absolute atomic E-state index is 3.74. The SMILES string of the molecule is CC1(Br)C(Br)CCCC1(Br)Br. The van der Waals surface area contributed by atoms with Crippen molar-refractivity contribution >= 4 is 63.7 Å². The number of rotatable bonds is 0. The molecule has 0 aromatic carbocycles. The summed E-state index contributed by atoms with van der Waals surface area (Å²) in [5, 5.41) is 0. The van der Waals surface area contributed by atoms with Crippen LogP contribution in [0.1, 0.15) is 26.2 Å². The van der Waals surface area contributed by atoms with E-state index in [0.29, 0.717) is 4.83 Å². The first-order valence-electron chi connectivity index (χ1n) is 3.59. The number of hydrogen-bond acceptors (Lipinski definition) is 0. The summed E-state index contributed by atoms with van der Waals surface area (Å²) in [7, 11) is 0. The topological polar surface area (TPSA) is 0 Å². The van der Waals surface area contributed by atoms with Crippen molar-refractivity contribution in [2.75, 3.05) is 0 Å². The highest BCUT2D eigenvalue weighted by molar-refractivity contribution is 9.26. The first-order chi connectivity index (χ1) is 4.88. The molecular weight excluding hydrogens is 404 g/mol. The Labute approximate surface area is 101 Å². The van der Waals surface area contributed by atoms with Crippen LogP contribution in [0.4, 0.5) is 0 Å². The summed E-state index contributed by atoms with van der Waals surface area (Å²) in [6.07, 6.45) is 3.66. The van der Waals surface area contributed by atoms with Gasteiger partial charge in [-0.25, -0.2) is 0 Å².